The van der Waals surface area contributed by atoms with Gasteiger partial charge < -0.3 is 0 Å². The Morgan fingerprint density at radius 3 is 2.76 bits per heavy atom. The van der Waals surface area contributed by atoms with Gasteiger partial charge >= 0.3 is 0 Å². The second-order valence-corrected chi connectivity index (χ2v) is 5.69. The van der Waals surface area contributed by atoms with E-state index in [0.717, 1.165) is 5.56 Å². The van der Waals surface area contributed by atoms with Gasteiger partial charge in [0.1, 0.15) is 5.82 Å². The molecule has 0 amide bonds. The van der Waals surface area contributed by atoms with Crippen LogP contribution >= 0.6 is 38.9 Å². The maximum atomic E-state index is 13.7. The number of ketones is 1. The fourth-order valence-corrected chi connectivity index (χ4v) is 2.78. The fourth-order valence-electron chi connectivity index (χ4n) is 1.42. The predicted molar refractivity (Wildman–Crippen MR) is 71.6 cm³/mol. The lowest BCUT2D eigenvalue weighted by Crippen LogP contribution is -2.04. The van der Waals surface area contributed by atoms with E-state index in [1.807, 2.05) is 13.0 Å². The Labute approximate surface area is 115 Å². The molecule has 88 valence electrons. The molecule has 0 atom stereocenters. The molecule has 0 radical (unpaired) electrons. The van der Waals surface area contributed by atoms with Crippen molar-refractivity contribution in [1.29, 1.82) is 0 Å². The van der Waals surface area contributed by atoms with E-state index in [1.165, 1.54) is 23.5 Å². The van der Waals surface area contributed by atoms with Gasteiger partial charge in [-0.3, -0.25) is 4.79 Å². The third-order valence-corrected chi connectivity index (χ3v) is 4.54. The first-order valence-electron chi connectivity index (χ1n) is 4.74. The summed E-state index contributed by atoms with van der Waals surface area (Å²) in [5.41, 5.74) is 0.849. The molecule has 2 aromatic rings. The lowest BCUT2D eigenvalue weighted by molar-refractivity contribution is 0.103. The normalized spacial score (nSPS) is 10.6. The molecule has 0 aliphatic carbocycles. The van der Waals surface area contributed by atoms with E-state index in [4.69, 9.17) is 11.6 Å². The van der Waals surface area contributed by atoms with Gasteiger partial charge in [-0.05, 0) is 52.0 Å². The lowest BCUT2D eigenvalue weighted by Gasteiger charge is -2.04. The van der Waals surface area contributed by atoms with Crippen molar-refractivity contribution < 1.29 is 9.18 Å². The quantitative estimate of drug-likeness (QED) is 0.567. The molecule has 5 heteroatoms. The van der Waals surface area contributed by atoms with E-state index in [-0.39, 0.29) is 11.3 Å². The molecule has 1 heterocycles. The fraction of sp³-hybridized carbons (Fsp3) is 0.0833. The number of carbonyl (C=O) groups is 1. The Hall–Kier alpha value is -0.710. The van der Waals surface area contributed by atoms with Crippen molar-refractivity contribution >= 4 is 44.7 Å². The largest absolute Gasteiger partial charge is 0.288 e. The molecule has 1 nitrogen and oxygen atoms in total. The number of thiophene rings is 1. The van der Waals surface area contributed by atoms with E-state index < -0.39 is 5.82 Å². The molecule has 0 fully saturated rings. The van der Waals surface area contributed by atoms with Crippen molar-refractivity contribution in [3.05, 3.63) is 54.9 Å². The average Bonchev–Trinajstić information content (AvgIpc) is 2.69. The Balaban J connectivity index is 2.52. The molecule has 0 bridgehead atoms. The van der Waals surface area contributed by atoms with Crippen molar-refractivity contribution in [1.82, 2.24) is 0 Å². The smallest absolute Gasteiger partial charge is 0.206 e. The molecule has 0 aliphatic heterocycles. The van der Waals surface area contributed by atoms with Gasteiger partial charge in [-0.25, -0.2) is 4.39 Å². The zero-order valence-corrected chi connectivity index (χ0v) is 11.9. The summed E-state index contributed by atoms with van der Waals surface area (Å²) in [5, 5.41) is 2.13. The van der Waals surface area contributed by atoms with E-state index in [0.29, 0.717) is 14.4 Å². The first-order chi connectivity index (χ1) is 8.00. The predicted octanol–water partition coefficient (Wildman–Crippen LogP) is 4.84. The Bertz CT molecular complexity index is 594. The molecule has 0 saturated heterocycles. The number of hydrogen-bond acceptors (Lipinski definition) is 2. The van der Waals surface area contributed by atoms with Gasteiger partial charge in [-0.2, -0.15) is 0 Å². The minimum absolute atomic E-state index is 0.00347. The van der Waals surface area contributed by atoms with Gasteiger partial charge in [0.25, 0.3) is 0 Å². The number of aryl methyl sites for hydroxylation is 1. The minimum Gasteiger partial charge on any atom is -0.288 e. The third-order valence-electron chi connectivity index (χ3n) is 2.32. The maximum Gasteiger partial charge on any atom is 0.206 e. The van der Waals surface area contributed by atoms with E-state index in [9.17, 15) is 9.18 Å². The number of rotatable bonds is 2. The van der Waals surface area contributed by atoms with Crippen LogP contribution in [-0.2, 0) is 0 Å². The maximum absolute atomic E-state index is 13.7. The zero-order valence-electron chi connectivity index (χ0n) is 8.76. The van der Waals surface area contributed by atoms with Gasteiger partial charge in [-0.1, -0.05) is 11.6 Å². The molecule has 2 rings (SSSR count). The Kier molecular flexibility index (Phi) is 3.66. The highest BCUT2D eigenvalue weighted by molar-refractivity contribution is 9.10. The highest BCUT2D eigenvalue weighted by Gasteiger charge is 2.18. The zero-order chi connectivity index (χ0) is 12.6. The molecule has 17 heavy (non-hydrogen) atoms. The molecule has 0 spiro atoms. The van der Waals surface area contributed by atoms with Crippen LogP contribution in [0.25, 0.3) is 0 Å². The molecular formula is C12H7BrClFOS. The van der Waals surface area contributed by atoms with Crippen LogP contribution in [-0.4, -0.2) is 5.78 Å². The van der Waals surface area contributed by atoms with E-state index in [1.54, 1.807) is 5.38 Å². The number of hydrogen-bond donors (Lipinski definition) is 0. The summed E-state index contributed by atoms with van der Waals surface area (Å²) in [7, 11) is 0. The summed E-state index contributed by atoms with van der Waals surface area (Å²) in [6.45, 7) is 1.82. The van der Waals surface area contributed by atoms with Crippen molar-refractivity contribution in [3.63, 3.8) is 0 Å². The summed E-state index contributed by atoms with van der Waals surface area (Å²) in [6, 6.07) is 4.39. The van der Waals surface area contributed by atoms with Crippen molar-refractivity contribution in [3.8, 4) is 0 Å². The van der Waals surface area contributed by atoms with Crippen LogP contribution < -0.4 is 0 Å². The van der Waals surface area contributed by atoms with Gasteiger partial charge in [0.05, 0.1) is 15.5 Å². The number of carbonyl (C=O) groups excluding carboxylic acids is 1. The molecular weight excluding hydrogens is 327 g/mol. The number of halogens is 3. The SMILES string of the molecule is Cc1ccsc1C(=O)c1cc(Cl)c(Br)cc1F. The summed E-state index contributed by atoms with van der Waals surface area (Å²) >= 11 is 10.3. The van der Waals surface area contributed by atoms with E-state index in [2.05, 4.69) is 15.9 Å². The molecule has 0 unspecified atom stereocenters. The second-order valence-electron chi connectivity index (χ2n) is 3.51. The standard InChI is InChI=1S/C12H7BrClFOS/c1-6-2-3-17-12(6)11(16)7-4-9(14)8(13)5-10(7)15/h2-5H,1H3. The molecule has 0 saturated carbocycles. The van der Waals surface area contributed by atoms with Gasteiger partial charge in [-0.15, -0.1) is 11.3 Å². The van der Waals surface area contributed by atoms with Crippen molar-refractivity contribution in [2.45, 2.75) is 6.92 Å². The summed E-state index contributed by atoms with van der Waals surface area (Å²) in [5.74, 6) is -0.900. The highest BCUT2D eigenvalue weighted by atomic mass is 79.9. The highest BCUT2D eigenvalue weighted by Crippen LogP contribution is 2.28. The van der Waals surface area contributed by atoms with Crippen LogP contribution in [0, 0.1) is 12.7 Å². The first-order valence-corrected chi connectivity index (χ1v) is 6.79. The van der Waals surface area contributed by atoms with Crippen LogP contribution in [0.2, 0.25) is 5.02 Å². The van der Waals surface area contributed by atoms with Gasteiger partial charge in [0.15, 0.2) is 0 Å². The van der Waals surface area contributed by atoms with Crippen LogP contribution in [0.5, 0.6) is 0 Å². The lowest BCUT2D eigenvalue weighted by atomic mass is 10.1. The summed E-state index contributed by atoms with van der Waals surface area (Å²) < 4.78 is 14.1. The van der Waals surface area contributed by atoms with E-state index >= 15 is 0 Å². The Morgan fingerprint density at radius 1 is 1.47 bits per heavy atom. The molecule has 0 aliphatic rings. The third kappa shape index (κ3) is 2.44. The monoisotopic (exact) mass is 332 g/mol. The summed E-state index contributed by atoms with van der Waals surface area (Å²) in [6.07, 6.45) is 0. The topological polar surface area (TPSA) is 17.1 Å². The second kappa shape index (κ2) is 4.88. The first kappa shape index (κ1) is 12.7. The van der Waals surface area contributed by atoms with Gasteiger partial charge in [0.2, 0.25) is 5.78 Å². The van der Waals surface area contributed by atoms with Crippen LogP contribution in [0.1, 0.15) is 20.8 Å². The van der Waals surface area contributed by atoms with Crippen molar-refractivity contribution in [2.75, 3.05) is 0 Å². The summed E-state index contributed by atoms with van der Waals surface area (Å²) in [4.78, 5) is 12.7. The van der Waals surface area contributed by atoms with Gasteiger partial charge in [0, 0.05) is 4.47 Å². The van der Waals surface area contributed by atoms with Crippen LogP contribution in [0.15, 0.2) is 28.1 Å². The molecule has 1 aromatic heterocycles. The van der Waals surface area contributed by atoms with Crippen LogP contribution in [0.3, 0.4) is 0 Å². The molecule has 1 aromatic carbocycles. The minimum atomic E-state index is -0.570. The van der Waals surface area contributed by atoms with Crippen LogP contribution in [0.4, 0.5) is 4.39 Å². The van der Waals surface area contributed by atoms with Crippen molar-refractivity contribution in [2.24, 2.45) is 0 Å². The number of benzene rings is 1. The average molecular weight is 334 g/mol. The molecule has 0 N–H and O–H groups in total. The Morgan fingerprint density at radius 2 is 2.18 bits per heavy atom.